The van der Waals surface area contributed by atoms with Crippen molar-refractivity contribution in [2.45, 2.75) is 6.18 Å². The van der Waals surface area contributed by atoms with Gasteiger partial charge in [0.25, 0.3) is 0 Å². The Hall–Kier alpha value is -2.25. The van der Waals surface area contributed by atoms with Crippen molar-refractivity contribution in [2.75, 3.05) is 31.1 Å². The summed E-state index contributed by atoms with van der Waals surface area (Å²) in [6, 6.07) is 12.9. The average molecular weight is 383 g/mol. The molecular weight excluding hydrogens is 365 g/mol. The first-order chi connectivity index (χ1) is 12.0. The molecule has 4 rings (SSSR count). The van der Waals surface area contributed by atoms with Gasteiger partial charge in [0, 0.05) is 31.6 Å². The molecule has 138 valence electrons. The molecule has 1 aliphatic heterocycles. The lowest BCUT2D eigenvalue weighted by Crippen LogP contribution is -2.43. The van der Waals surface area contributed by atoms with Gasteiger partial charge in [0.2, 0.25) is 0 Å². The number of fused-ring (bicyclic) bond motifs is 1. The standard InChI is InChI=1S/C18H17F3N4.ClH/c19-18(20,21)13-5-7-14(8-6-13)25-16-4-2-1-3-15(16)17(23-25)24-11-9-22-10-12-24;/h1-8,22H,9-12H2;1H. The number of hydrogen-bond donors (Lipinski definition) is 1. The summed E-state index contributed by atoms with van der Waals surface area (Å²) in [5, 5.41) is 9.02. The zero-order chi connectivity index (χ0) is 17.4. The van der Waals surface area contributed by atoms with Crippen LogP contribution in [0.1, 0.15) is 5.56 Å². The second kappa shape index (κ2) is 7.17. The van der Waals surface area contributed by atoms with E-state index in [0.717, 1.165) is 55.0 Å². The van der Waals surface area contributed by atoms with Crippen molar-refractivity contribution in [3.8, 4) is 5.69 Å². The number of hydrogen-bond acceptors (Lipinski definition) is 3. The van der Waals surface area contributed by atoms with Gasteiger partial charge in [-0.2, -0.15) is 13.2 Å². The monoisotopic (exact) mass is 382 g/mol. The third-order valence-corrected chi connectivity index (χ3v) is 4.42. The molecule has 2 heterocycles. The van der Waals surface area contributed by atoms with Crippen LogP contribution in [-0.2, 0) is 6.18 Å². The second-order valence-electron chi connectivity index (χ2n) is 6.03. The minimum Gasteiger partial charge on any atom is -0.352 e. The maximum absolute atomic E-state index is 12.8. The number of piperazine rings is 1. The Morgan fingerprint density at radius 3 is 2.23 bits per heavy atom. The van der Waals surface area contributed by atoms with Crippen LogP contribution in [0.3, 0.4) is 0 Å². The molecule has 1 N–H and O–H groups in total. The molecule has 0 unspecified atom stereocenters. The molecule has 1 aliphatic rings. The fourth-order valence-corrected chi connectivity index (χ4v) is 3.15. The van der Waals surface area contributed by atoms with Crippen LogP contribution in [0.15, 0.2) is 48.5 Å². The lowest BCUT2D eigenvalue weighted by molar-refractivity contribution is -0.137. The lowest BCUT2D eigenvalue weighted by Gasteiger charge is -2.27. The topological polar surface area (TPSA) is 33.1 Å². The number of benzene rings is 2. The van der Waals surface area contributed by atoms with Crippen LogP contribution < -0.4 is 10.2 Å². The molecule has 1 fully saturated rings. The van der Waals surface area contributed by atoms with Gasteiger partial charge in [0.15, 0.2) is 5.82 Å². The maximum atomic E-state index is 12.8. The summed E-state index contributed by atoms with van der Waals surface area (Å²) >= 11 is 0. The van der Waals surface area contributed by atoms with Crippen molar-refractivity contribution >= 4 is 29.1 Å². The molecule has 0 amide bonds. The normalized spacial score (nSPS) is 15.1. The summed E-state index contributed by atoms with van der Waals surface area (Å²) in [4.78, 5) is 2.21. The Morgan fingerprint density at radius 1 is 0.923 bits per heavy atom. The van der Waals surface area contributed by atoms with Crippen LogP contribution in [0.2, 0.25) is 0 Å². The largest absolute Gasteiger partial charge is 0.416 e. The summed E-state index contributed by atoms with van der Waals surface area (Å²) in [5.41, 5.74) is 0.844. The van der Waals surface area contributed by atoms with Crippen LogP contribution in [0.25, 0.3) is 16.6 Å². The van der Waals surface area contributed by atoms with Crippen molar-refractivity contribution in [1.82, 2.24) is 15.1 Å². The van der Waals surface area contributed by atoms with E-state index in [1.165, 1.54) is 12.1 Å². The second-order valence-corrected chi connectivity index (χ2v) is 6.03. The number of nitrogens with one attached hydrogen (secondary N) is 1. The van der Waals surface area contributed by atoms with E-state index < -0.39 is 11.7 Å². The van der Waals surface area contributed by atoms with E-state index in [0.29, 0.717) is 5.69 Å². The third kappa shape index (κ3) is 3.37. The predicted molar refractivity (Wildman–Crippen MR) is 98.4 cm³/mol. The predicted octanol–water partition coefficient (Wildman–Crippen LogP) is 3.88. The molecule has 2 aromatic carbocycles. The molecule has 1 saturated heterocycles. The highest BCUT2D eigenvalue weighted by Gasteiger charge is 2.30. The van der Waals surface area contributed by atoms with Crippen molar-refractivity contribution in [3.63, 3.8) is 0 Å². The zero-order valence-corrected chi connectivity index (χ0v) is 14.6. The quantitative estimate of drug-likeness (QED) is 0.730. The van der Waals surface area contributed by atoms with Crippen molar-refractivity contribution in [2.24, 2.45) is 0 Å². The van der Waals surface area contributed by atoms with Gasteiger partial charge in [-0.1, -0.05) is 12.1 Å². The summed E-state index contributed by atoms with van der Waals surface area (Å²) in [6.45, 7) is 3.49. The molecule has 0 saturated carbocycles. The molecule has 0 bridgehead atoms. The fraction of sp³-hybridized carbons (Fsp3) is 0.278. The smallest absolute Gasteiger partial charge is 0.352 e. The maximum Gasteiger partial charge on any atom is 0.416 e. The summed E-state index contributed by atoms with van der Waals surface area (Å²) in [5.74, 6) is 0.872. The SMILES string of the molecule is Cl.FC(F)(F)c1ccc(-n2nc(N3CCNCC3)c3ccccc32)cc1. The van der Waals surface area contributed by atoms with Gasteiger partial charge in [-0.05, 0) is 36.4 Å². The van der Waals surface area contributed by atoms with Gasteiger partial charge < -0.3 is 10.2 Å². The lowest BCUT2D eigenvalue weighted by atomic mass is 10.2. The van der Waals surface area contributed by atoms with Crippen LogP contribution in [-0.4, -0.2) is 36.0 Å². The average Bonchev–Trinajstić information content (AvgIpc) is 3.02. The van der Waals surface area contributed by atoms with Gasteiger partial charge in [0.1, 0.15) is 0 Å². The number of nitrogens with zero attached hydrogens (tertiary/aromatic N) is 3. The van der Waals surface area contributed by atoms with E-state index in [-0.39, 0.29) is 12.4 Å². The van der Waals surface area contributed by atoms with E-state index in [4.69, 9.17) is 5.10 Å². The highest BCUT2D eigenvalue weighted by molar-refractivity contribution is 5.91. The van der Waals surface area contributed by atoms with Crippen LogP contribution >= 0.6 is 12.4 Å². The number of anilines is 1. The Balaban J connectivity index is 0.00000196. The number of para-hydroxylation sites is 1. The number of aromatic nitrogens is 2. The van der Waals surface area contributed by atoms with E-state index in [2.05, 4.69) is 10.2 Å². The summed E-state index contributed by atoms with van der Waals surface area (Å²) in [6.07, 6.45) is -4.34. The molecule has 0 spiro atoms. The fourth-order valence-electron chi connectivity index (χ4n) is 3.15. The van der Waals surface area contributed by atoms with Crippen molar-refractivity contribution in [1.29, 1.82) is 0 Å². The van der Waals surface area contributed by atoms with Crippen LogP contribution in [0.4, 0.5) is 19.0 Å². The molecule has 0 aliphatic carbocycles. The van der Waals surface area contributed by atoms with E-state index in [9.17, 15) is 13.2 Å². The minimum atomic E-state index is -4.34. The van der Waals surface area contributed by atoms with E-state index in [1.807, 2.05) is 24.3 Å². The van der Waals surface area contributed by atoms with Gasteiger partial charge in [-0.15, -0.1) is 17.5 Å². The van der Waals surface area contributed by atoms with Crippen molar-refractivity contribution in [3.05, 3.63) is 54.1 Å². The first-order valence-electron chi connectivity index (χ1n) is 8.15. The number of alkyl halides is 3. The molecule has 1 aromatic heterocycles. The first kappa shape index (κ1) is 18.5. The zero-order valence-electron chi connectivity index (χ0n) is 13.8. The van der Waals surface area contributed by atoms with Gasteiger partial charge in [-0.25, -0.2) is 4.68 Å². The molecule has 26 heavy (non-hydrogen) atoms. The van der Waals surface area contributed by atoms with Gasteiger partial charge in [0.05, 0.1) is 16.8 Å². The minimum absolute atomic E-state index is 0. The summed E-state index contributed by atoms with van der Waals surface area (Å²) in [7, 11) is 0. The van der Waals surface area contributed by atoms with E-state index in [1.54, 1.807) is 4.68 Å². The van der Waals surface area contributed by atoms with Crippen molar-refractivity contribution < 1.29 is 13.2 Å². The molecule has 3 aromatic rings. The number of halogens is 4. The van der Waals surface area contributed by atoms with Crippen LogP contribution in [0.5, 0.6) is 0 Å². The van der Waals surface area contributed by atoms with Gasteiger partial charge in [-0.3, -0.25) is 0 Å². The Labute approximate surface area is 155 Å². The molecule has 8 heteroatoms. The molecular formula is C18H18ClF3N4. The summed E-state index contributed by atoms with van der Waals surface area (Å²) < 4.78 is 40.1. The Bertz CT molecular complexity index is 884. The van der Waals surface area contributed by atoms with Crippen LogP contribution in [0, 0.1) is 0 Å². The number of rotatable bonds is 2. The highest BCUT2D eigenvalue weighted by Crippen LogP contribution is 2.32. The molecule has 4 nitrogen and oxygen atoms in total. The third-order valence-electron chi connectivity index (χ3n) is 4.42. The Morgan fingerprint density at radius 2 is 1.58 bits per heavy atom. The van der Waals surface area contributed by atoms with Gasteiger partial charge >= 0.3 is 6.18 Å². The Kier molecular flexibility index (Phi) is 5.11. The van der Waals surface area contributed by atoms with E-state index >= 15 is 0 Å². The molecule has 0 atom stereocenters. The molecule has 0 radical (unpaired) electrons. The first-order valence-corrected chi connectivity index (χ1v) is 8.15. The highest BCUT2D eigenvalue weighted by atomic mass is 35.5.